The number of nitrogens with one attached hydrogen (secondary N) is 1. The zero-order valence-corrected chi connectivity index (χ0v) is 13.1. The highest BCUT2D eigenvalue weighted by molar-refractivity contribution is 6.35. The normalized spacial score (nSPS) is 11.8. The van der Waals surface area contributed by atoms with E-state index in [1.165, 1.54) is 0 Å². The average Bonchev–Trinajstić information content (AvgIpc) is 2.44. The Morgan fingerprint density at radius 3 is 2.67 bits per heavy atom. The number of rotatable bonds is 4. The third-order valence-corrected chi connectivity index (χ3v) is 3.26. The zero-order valence-electron chi connectivity index (χ0n) is 11.6. The molecule has 4 nitrogen and oxygen atoms in total. The summed E-state index contributed by atoms with van der Waals surface area (Å²) in [4.78, 5) is 16.1. The van der Waals surface area contributed by atoms with Crippen molar-refractivity contribution in [2.24, 2.45) is 0 Å². The van der Waals surface area contributed by atoms with Gasteiger partial charge in [0.1, 0.15) is 11.6 Å². The van der Waals surface area contributed by atoms with Crippen molar-refractivity contribution in [3.8, 4) is 5.75 Å². The Hall–Kier alpha value is -1.78. The van der Waals surface area contributed by atoms with Crippen LogP contribution in [-0.4, -0.2) is 17.0 Å². The van der Waals surface area contributed by atoms with Crippen molar-refractivity contribution in [1.29, 1.82) is 0 Å². The highest BCUT2D eigenvalue weighted by Crippen LogP contribution is 2.28. The maximum atomic E-state index is 12.0. The lowest BCUT2D eigenvalue weighted by Gasteiger charge is -2.15. The van der Waals surface area contributed by atoms with Crippen molar-refractivity contribution in [1.82, 2.24) is 4.98 Å². The Morgan fingerprint density at radius 2 is 2.05 bits per heavy atom. The summed E-state index contributed by atoms with van der Waals surface area (Å²) in [6.07, 6.45) is 0.962. The van der Waals surface area contributed by atoms with Crippen LogP contribution in [0.5, 0.6) is 5.75 Å². The lowest BCUT2D eigenvalue weighted by molar-refractivity contribution is -0.122. The Morgan fingerprint density at radius 1 is 1.29 bits per heavy atom. The second-order valence-corrected chi connectivity index (χ2v) is 5.39. The fraction of sp³-hybridized carbons (Fsp3) is 0.200. The molecule has 1 unspecified atom stereocenters. The number of ether oxygens (including phenoxy) is 1. The molecule has 0 aliphatic heterocycles. The van der Waals surface area contributed by atoms with Crippen LogP contribution in [0.15, 0.2) is 36.5 Å². The monoisotopic (exact) mass is 324 g/mol. The molecule has 0 aliphatic rings. The number of aromatic nitrogens is 1. The number of nitrogens with zero attached hydrogens (tertiary/aromatic N) is 1. The largest absolute Gasteiger partial charge is 0.479 e. The number of aryl methyl sites for hydroxylation is 1. The summed E-state index contributed by atoms with van der Waals surface area (Å²) in [6, 6.07) is 8.43. The third kappa shape index (κ3) is 4.34. The van der Waals surface area contributed by atoms with E-state index >= 15 is 0 Å². The first kappa shape index (κ1) is 15.6. The molecular weight excluding hydrogens is 311 g/mol. The minimum Gasteiger partial charge on any atom is -0.479 e. The number of amides is 1. The second-order valence-electron chi connectivity index (χ2n) is 4.54. The van der Waals surface area contributed by atoms with Crippen LogP contribution in [-0.2, 0) is 4.79 Å². The van der Waals surface area contributed by atoms with Gasteiger partial charge in [0.05, 0.1) is 5.02 Å². The zero-order chi connectivity index (χ0) is 15.4. The maximum Gasteiger partial charge on any atom is 0.266 e. The molecule has 0 saturated heterocycles. The topological polar surface area (TPSA) is 51.2 Å². The molecule has 1 heterocycles. The number of anilines is 1. The fourth-order valence-electron chi connectivity index (χ4n) is 1.58. The summed E-state index contributed by atoms with van der Waals surface area (Å²) >= 11 is 11.8. The fourth-order valence-corrected chi connectivity index (χ4v) is 2.04. The van der Waals surface area contributed by atoms with E-state index in [0.717, 1.165) is 5.56 Å². The van der Waals surface area contributed by atoms with Gasteiger partial charge in [-0.2, -0.15) is 0 Å². The molecule has 0 saturated carbocycles. The summed E-state index contributed by atoms with van der Waals surface area (Å²) in [5, 5.41) is 3.54. The van der Waals surface area contributed by atoms with Crippen LogP contribution in [0, 0.1) is 6.92 Å². The minimum absolute atomic E-state index is 0.308. The first-order chi connectivity index (χ1) is 9.95. The molecule has 1 aromatic carbocycles. The smallest absolute Gasteiger partial charge is 0.266 e. The van der Waals surface area contributed by atoms with Crippen molar-refractivity contribution in [2.45, 2.75) is 20.0 Å². The number of benzene rings is 1. The molecule has 0 radical (unpaired) electrons. The highest BCUT2D eigenvalue weighted by atomic mass is 35.5. The van der Waals surface area contributed by atoms with E-state index in [1.54, 1.807) is 37.4 Å². The van der Waals surface area contributed by atoms with Gasteiger partial charge in [-0.3, -0.25) is 4.79 Å². The van der Waals surface area contributed by atoms with Crippen LogP contribution < -0.4 is 10.1 Å². The number of halogens is 2. The Kier molecular flexibility index (Phi) is 5.04. The molecular formula is C15H14Cl2N2O2. The van der Waals surface area contributed by atoms with Crippen molar-refractivity contribution in [2.75, 3.05) is 5.32 Å². The summed E-state index contributed by atoms with van der Waals surface area (Å²) in [6.45, 7) is 3.56. The molecule has 0 bridgehead atoms. The van der Waals surface area contributed by atoms with Crippen LogP contribution in [0.3, 0.4) is 0 Å². The molecule has 6 heteroatoms. The molecule has 2 aromatic rings. The molecule has 1 N–H and O–H groups in total. The van der Waals surface area contributed by atoms with Gasteiger partial charge in [0.15, 0.2) is 6.10 Å². The molecule has 2 rings (SSSR count). The van der Waals surface area contributed by atoms with E-state index in [9.17, 15) is 4.79 Å². The molecule has 1 amide bonds. The van der Waals surface area contributed by atoms with Gasteiger partial charge in [0.25, 0.3) is 5.91 Å². The minimum atomic E-state index is -0.716. The van der Waals surface area contributed by atoms with E-state index in [1.807, 2.05) is 13.0 Å². The predicted molar refractivity (Wildman–Crippen MR) is 84.2 cm³/mol. The van der Waals surface area contributed by atoms with Crippen molar-refractivity contribution < 1.29 is 9.53 Å². The third-order valence-electron chi connectivity index (χ3n) is 2.73. The second kappa shape index (κ2) is 6.78. The van der Waals surface area contributed by atoms with Crippen LogP contribution in [0.2, 0.25) is 10.0 Å². The maximum absolute atomic E-state index is 12.0. The molecule has 0 aliphatic carbocycles. The van der Waals surface area contributed by atoms with Crippen molar-refractivity contribution in [3.63, 3.8) is 0 Å². The predicted octanol–water partition coefficient (Wildman–Crippen LogP) is 4.10. The van der Waals surface area contributed by atoms with E-state index in [2.05, 4.69) is 10.3 Å². The average molecular weight is 325 g/mol. The van der Waals surface area contributed by atoms with Gasteiger partial charge >= 0.3 is 0 Å². The quantitative estimate of drug-likeness (QED) is 0.921. The first-order valence-corrected chi connectivity index (χ1v) is 7.06. The number of carbonyl (C=O) groups excluding carboxylic acids is 1. The van der Waals surface area contributed by atoms with Gasteiger partial charge in [-0.25, -0.2) is 4.98 Å². The SMILES string of the molecule is Cc1ccc(NC(=O)C(C)Oc2ccc(Cl)cc2Cl)nc1. The number of pyridine rings is 1. The lowest BCUT2D eigenvalue weighted by atomic mass is 10.3. The molecule has 21 heavy (non-hydrogen) atoms. The summed E-state index contributed by atoms with van der Waals surface area (Å²) in [5.74, 6) is 0.571. The highest BCUT2D eigenvalue weighted by Gasteiger charge is 2.16. The van der Waals surface area contributed by atoms with E-state index in [-0.39, 0.29) is 5.91 Å². The van der Waals surface area contributed by atoms with Gasteiger partial charge in [0.2, 0.25) is 0 Å². The standard InChI is InChI=1S/C15H14Cl2N2O2/c1-9-3-6-14(18-8-9)19-15(20)10(2)21-13-5-4-11(16)7-12(13)17/h3-8,10H,1-2H3,(H,18,19,20). The van der Waals surface area contributed by atoms with Gasteiger partial charge in [-0.05, 0) is 43.7 Å². The van der Waals surface area contributed by atoms with Gasteiger partial charge in [-0.1, -0.05) is 29.3 Å². The van der Waals surface area contributed by atoms with Crippen LogP contribution in [0.1, 0.15) is 12.5 Å². The van der Waals surface area contributed by atoms with Crippen LogP contribution in [0.4, 0.5) is 5.82 Å². The number of hydrogen-bond acceptors (Lipinski definition) is 3. The molecule has 110 valence electrons. The Balaban J connectivity index is 2.00. The van der Waals surface area contributed by atoms with Gasteiger partial charge in [-0.15, -0.1) is 0 Å². The van der Waals surface area contributed by atoms with E-state index in [0.29, 0.717) is 21.6 Å². The molecule has 1 atom stereocenters. The van der Waals surface area contributed by atoms with Crippen LogP contribution >= 0.6 is 23.2 Å². The Labute approximate surface area is 133 Å². The van der Waals surface area contributed by atoms with Gasteiger partial charge < -0.3 is 10.1 Å². The summed E-state index contributed by atoms with van der Waals surface area (Å²) < 4.78 is 5.53. The van der Waals surface area contributed by atoms with Gasteiger partial charge in [0, 0.05) is 11.2 Å². The molecule has 1 aromatic heterocycles. The number of hydrogen-bond donors (Lipinski definition) is 1. The summed E-state index contributed by atoms with van der Waals surface area (Å²) in [5.41, 5.74) is 1.02. The van der Waals surface area contributed by atoms with E-state index in [4.69, 9.17) is 27.9 Å². The van der Waals surface area contributed by atoms with Crippen molar-refractivity contribution in [3.05, 3.63) is 52.1 Å². The number of carbonyl (C=O) groups is 1. The van der Waals surface area contributed by atoms with Crippen molar-refractivity contribution >= 4 is 34.9 Å². The Bertz CT molecular complexity index is 645. The first-order valence-electron chi connectivity index (χ1n) is 6.31. The summed E-state index contributed by atoms with van der Waals surface area (Å²) in [7, 11) is 0. The molecule has 0 fully saturated rings. The molecule has 0 spiro atoms. The van der Waals surface area contributed by atoms with E-state index < -0.39 is 6.10 Å². The lowest BCUT2D eigenvalue weighted by Crippen LogP contribution is -2.30. The van der Waals surface area contributed by atoms with Crippen LogP contribution in [0.25, 0.3) is 0 Å².